The predicted octanol–water partition coefficient (Wildman–Crippen LogP) is 3.05. The minimum absolute atomic E-state index is 0.0137. The molecule has 77 heavy (non-hydrogen) atoms. The van der Waals surface area contributed by atoms with Gasteiger partial charge in [0.05, 0.1) is 71.4 Å². The maximum Gasteiger partial charge on any atom is 0.341 e. The number of esters is 1. The first kappa shape index (κ1) is 55.8. The molecule has 4 aliphatic heterocycles. The molecule has 1 unspecified atom stereocenters. The number of nitrogens with zero attached hydrogens (tertiary/aromatic N) is 3. The lowest BCUT2D eigenvalue weighted by Crippen LogP contribution is -2.60. The standard InChI is InChI=1S/C54H63FN6O16/c1-22-11-10-12-23(2)52(70)58-38-41(59(7)28-15-17-60(20-28)40-31(55)19-29-39(50(40)74-9)61(27-13-14-27)21-30(44(29)65)53(71)72)46(67)33-34(45(38)66)43(64)25(4)48-35(33)51(69)54(6,77-48)75-18-16-32(73-8)24(3)49(76-26(5)62)37(57)47(68)36(56)42(22)63/h10-12,16,18-19,21-22,24,27-28,32,36-37,42,47,49,63-64,68H,13-15,17,20,56-57H2,1-9H3,(H,58,70)(H,71,72)/b11-10+,18-16?,23-12-/t22-,24+,28?,32-,36+,37+,42-,47+,49+,54-/m0/s1. The highest BCUT2D eigenvalue weighted by Crippen LogP contribution is 2.50. The molecule has 1 saturated heterocycles. The Morgan fingerprint density at radius 2 is 1.66 bits per heavy atom. The van der Waals surface area contributed by atoms with Crippen LogP contribution in [0.5, 0.6) is 17.2 Å². The molecule has 9 rings (SSSR count). The molecule has 5 bridgehead atoms. The third kappa shape index (κ3) is 9.74. The lowest BCUT2D eigenvalue weighted by molar-refractivity contribution is -0.155. The van der Waals surface area contributed by atoms with Crippen LogP contribution in [0.1, 0.15) is 107 Å². The fraction of sp³-hybridized carbons (Fsp3) is 0.463. The summed E-state index contributed by atoms with van der Waals surface area (Å²) in [6, 6.07) is -2.72. The predicted molar refractivity (Wildman–Crippen MR) is 274 cm³/mol. The summed E-state index contributed by atoms with van der Waals surface area (Å²) in [4.78, 5) is 101. The zero-order chi connectivity index (χ0) is 56.4. The molecule has 1 saturated carbocycles. The third-order valence-corrected chi connectivity index (χ3v) is 15.3. The number of aromatic carboxylic acids is 1. The van der Waals surface area contributed by atoms with Crippen molar-refractivity contribution in [1.82, 2.24) is 14.8 Å². The van der Waals surface area contributed by atoms with Crippen LogP contribution < -0.4 is 36.6 Å². The van der Waals surface area contributed by atoms with Crippen LogP contribution in [-0.2, 0) is 23.8 Å². The number of likely N-dealkylation sites (N-methyl/N-ethyl adjacent to an activating group) is 1. The number of nitrogens with one attached hydrogen (secondary N) is 1. The normalized spacial score (nSPS) is 29.2. The van der Waals surface area contributed by atoms with Gasteiger partial charge in [0.1, 0.15) is 40.2 Å². The fourth-order valence-electron chi connectivity index (χ4n) is 10.7. The topological polar surface area (TPSA) is 322 Å². The molecule has 0 spiro atoms. The van der Waals surface area contributed by atoms with Gasteiger partial charge in [-0.3, -0.25) is 28.8 Å². The molecule has 9 N–H and O–H groups in total. The Morgan fingerprint density at radius 3 is 2.29 bits per heavy atom. The number of phenols is 1. The number of methoxy groups -OCH3 is 2. The second-order valence-corrected chi connectivity index (χ2v) is 20.4. The van der Waals surface area contributed by atoms with Crippen molar-refractivity contribution in [3.8, 4) is 17.2 Å². The first-order valence-electron chi connectivity index (χ1n) is 25.0. The van der Waals surface area contributed by atoms with Gasteiger partial charge in [-0.2, -0.15) is 0 Å². The highest BCUT2D eigenvalue weighted by molar-refractivity contribution is 6.32. The van der Waals surface area contributed by atoms with Crippen molar-refractivity contribution in [2.24, 2.45) is 23.3 Å². The summed E-state index contributed by atoms with van der Waals surface area (Å²) in [7, 11) is 4.10. The summed E-state index contributed by atoms with van der Waals surface area (Å²) in [6.07, 6.45) is 4.11. The number of carbonyl (C=O) groups is 6. The molecule has 2 aliphatic carbocycles. The summed E-state index contributed by atoms with van der Waals surface area (Å²) < 4.78 is 47.4. The van der Waals surface area contributed by atoms with Crippen LogP contribution >= 0.6 is 0 Å². The Labute approximate surface area is 441 Å². The van der Waals surface area contributed by atoms with E-state index in [0.29, 0.717) is 12.8 Å². The van der Waals surface area contributed by atoms with Crippen LogP contribution in [-0.4, -0.2) is 148 Å². The van der Waals surface area contributed by atoms with E-state index in [0.717, 1.165) is 19.3 Å². The smallest absolute Gasteiger partial charge is 0.341 e. The Balaban J connectivity index is 1.23. The van der Waals surface area contributed by atoms with Gasteiger partial charge in [-0.1, -0.05) is 32.1 Å². The van der Waals surface area contributed by atoms with E-state index in [4.69, 9.17) is 35.2 Å². The van der Waals surface area contributed by atoms with Crippen LogP contribution in [0.2, 0.25) is 0 Å². The first-order chi connectivity index (χ1) is 36.3. The molecule has 0 radical (unpaired) electrons. The van der Waals surface area contributed by atoms with Crippen LogP contribution in [0.4, 0.5) is 10.1 Å². The van der Waals surface area contributed by atoms with Crippen molar-refractivity contribution in [1.29, 1.82) is 0 Å². The number of halogens is 1. The Kier molecular flexibility index (Phi) is 15.3. The molecule has 2 fully saturated rings. The highest BCUT2D eigenvalue weighted by Gasteiger charge is 2.54. The summed E-state index contributed by atoms with van der Waals surface area (Å²) in [6.45, 7) is 8.41. The number of carboxylic acid groups (broad SMARTS) is 1. The number of aromatic hydroxyl groups is 1. The van der Waals surface area contributed by atoms with E-state index in [1.165, 1.54) is 77.4 Å². The molecule has 10 atom stereocenters. The number of carboxylic acids is 1. The third-order valence-electron chi connectivity index (χ3n) is 15.3. The number of hydrogen-bond acceptors (Lipinski definition) is 19. The fourth-order valence-corrected chi connectivity index (χ4v) is 10.7. The van der Waals surface area contributed by atoms with Crippen molar-refractivity contribution >= 4 is 51.8 Å². The molecule has 412 valence electrons. The maximum atomic E-state index is 16.6. The van der Waals surface area contributed by atoms with Crippen molar-refractivity contribution < 1.29 is 77.3 Å². The zero-order valence-electron chi connectivity index (χ0n) is 43.9. The first-order valence-corrected chi connectivity index (χ1v) is 25.0. The van der Waals surface area contributed by atoms with E-state index in [9.17, 15) is 44.4 Å². The van der Waals surface area contributed by atoms with Crippen molar-refractivity contribution in [2.75, 3.05) is 39.3 Å². The Hall–Kier alpha value is -7.44. The number of Topliss-reactive ketones (excluding diaryl/α,β-unsaturated/α-hetero) is 3. The van der Waals surface area contributed by atoms with E-state index >= 15 is 14.0 Å². The average molecular weight is 1070 g/mol. The highest BCUT2D eigenvalue weighted by atomic mass is 19.1. The van der Waals surface area contributed by atoms with E-state index in [1.54, 1.807) is 23.3 Å². The van der Waals surface area contributed by atoms with Gasteiger partial charge in [-0.05, 0) is 45.3 Å². The van der Waals surface area contributed by atoms with Gasteiger partial charge in [-0.15, -0.1) is 0 Å². The van der Waals surface area contributed by atoms with Gasteiger partial charge in [0.2, 0.25) is 17.0 Å². The molecule has 1 amide bonds. The largest absolute Gasteiger partial charge is 0.507 e. The molecule has 5 heterocycles. The number of phenolic OH excluding ortho intramolecular Hbond substituents is 1. The number of anilines is 1. The second-order valence-electron chi connectivity index (χ2n) is 20.4. The number of ether oxygens (including phenoxy) is 5. The summed E-state index contributed by atoms with van der Waals surface area (Å²) in [5, 5.41) is 46.8. The lowest BCUT2D eigenvalue weighted by Gasteiger charge is -2.37. The Morgan fingerprint density at radius 1 is 0.974 bits per heavy atom. The number of carbonyl (C=O) groups excluding carboxylic acids is 5. The van der Waals surface area contributed by atoms with Gasteiger partial charge < -0.3 is 75.3 Å². The number of rotatable bonds is 8. The molecular formula is C54H63FN6O16. The molecule has 6 aliphatic rings. The molecule has 2 aromatic carbocycles. The van der Waals surface area contributed by atoms with E-state index < -0.39 is 146 Å². The number of allylic oxidation sites excluding steroid dienone is 4. The van der Waals surface area contributed by atoms with E-state index in [-0.39, 0.29) is 64.8 Å². The van der Waals surface area contributed by atoms with Gasteiger partial charge in [0.15, 0.2) is 11.6 Å². The number of amides is 1. The monoisotopic (exact) mass is 1070 g/mol. The number of pyridine rings is 1. The number of aliphatic hydroxyl groups is 2. The van der Waals surface area contributed by atoms with Gasteiger partial charge in [0, 0.05) is 82.3 Å². The second kappa shape index (κ2) is 21.2. The van der Waals surface area contributed by atoms with E-state index in [2.05, 4.69) is 5.32 Å². The summed E-state index contributed by atoms with van der Waals surface area (Å²) in [5.74, 6) is -11.9. The van der Waals surface area contributed by atoms with Gasteiger partial charge >= 0.3 is 17.7 Å². The van der Waals surface area contributed by atoms with Crippen molar-refractivity contribution in [3.05, 3.63) is 104 Å². The maximum absolute atomic E-state index is 16.6. The number of fused-ring (bicyclic) bond motifs is 15. The SMILES string of the molecule is COc1c(N2CCC(N(C)C3=C4NC(=O)/C(C)=C\C=C\[C@H](C)[C@H](O)[C@@H](N)[C@@H](O)[C@@H](N)[C@H](OC(C)=O)[C@H](C)[C@@H](OC)C=CO[C@@]5(C)Oc6c(C)c(O)c(c(c6C5=O)C3=O)C4=O)C2)c(F)cc2c(=O)c(C(=O)O)cn(C3CC3)c12. The number of aromatic nitrogens is 1. The average Bonchev–Trinajstić information content (AvgIpc) is 4.19. The molecule has 22 nitrogen and oxygen atoms in total. The summed E-state index contributed by atoms with van der Waals surface area (Å²) >= 11 is 0. The van der Waals surface area contributed by atoms with Gasteiger partial charge in [0.25, 0.3) is 11.7 Å². The van der Waals surface area contributed by atoms with Crippen LogP contribution in [0.3, 0.4) is 0 Å². The minimum Gasteiger partial charge on any atom is -0.507 e. The molecular weight excluding hydrogens is 1010 g/mol. The number of nitrogens with two attached hydrogens (primary N) is 2. The number of aliphatic hydroxyl groups excluding tert-OH is 2. The molecule has 3 aromatic rings. The Bertz CT molecular complexity index is 3200. The number of ketones is 3. The van der Waals surface area contributed by atoms with Crippen LogP contribution in [0, 0.1) is 24.6 Å². The van der Waals surface area contributed by atoms with Crippen LogP contribution in [0.15, 0.2) is 64.6 Å². The van der Waals surface area contributed by atoms with Gasteiger partial charge in [-0.25, -0.2) is 9.18 Å². The van der Waals surface area contributed by atoms with E-state index in [1.807, 2.05) is 0 Å². The zero-order valence-corrected chi connectivity index (χ0v) is 43.9. The molecule has 23 heteroatoms. The number of hydrogen-bond donors (Lipinski definition) is 7. The lowest BCUT2D eigenvalue weighted by atomic mass is 9.82. The number of benzene rings is 2. The molecule has 1 aromatic heterocycles. The quantitative estimate of drug-likeness (QED) is 0.159. The summed E-state index contributed by atoms with van der Waals surface area (Å²) in [5.41, 5.74) is 8.98. The van der Waals surface area contributed by atoms with Crippen LogP contribution in [0.25, 0.3) is 10.9 Å². The van der Waals surface area contributed by atoms with Crippen molar-refractivity contribution in [3.63, 3.8) is 0 Å². The minimum atomic E-state index is -2.25. The van der Waals surface area contributed by atoms with Crippen molar-refractivity contribution in [2.45, 2.75) is 115 Å².